The molecule has 2 heterocycles. The van der Waals surface area contributed by atoms with Gasteiger partial charge in [-0.15, -0.1) is 0 Å². The quantitative estimate of drug-likeness (QED) is 0.118. The maximum absolute atomic E-state index is 5.69. The van der Waals surface area contributed by atoms with E-state index in [1.54, 1.807) is 14.1 Å². The number of ether oxygens (including phenoxy) is 1. The zero-order valence-electron chi connectivity index (χ0n) is 37.1. The van der Waals surface area contributed by atoms with E-state index >= 15 is 0 Å². The van der Waals surface area contributed by atoms with Gasteiger partial charge in [0.05, 0.1) is 52.9 Å². The summed E-state index contributed by atoms with van der Waals surface area (Å²) in [5, 5.41) is 0. The Balaban J connectivity index is 0.000000208. The standard InChI is InChI=1S/C24H26N2.C18H20N2.C10H20N2O/c1-17(2)21-13-9-14-22(18(3)4)24(21)25-16-20-12-8-15-23(26-20)19-10-6-5-7-11-19;1-3-8-15(9-4-1)18-13-7-12-17(20-18)14-19-16-10-5-2-6-11-16;1-7(11-5)9(3)13-10(4)8(2)12-6/h5-18H,1-4H3;1,3-4,7-9,12-14,16H,2,5-6,10-11H2;9-10H,1-6H3. The van der Waals surface area contributed by atoms with Crippen LogP contribution in [0.1, 0.15) is 122 Å². The van der Waals surface area contributed by atoms with Crippen molar-refractivity contribution in [2.75, 3.05) is 14.1 Å². The highest BCUT2D eigenvalue weighted by molar-refractivity contribution is 5.88. The average Bonchev–Trinajstić information content (AvgIpc) is 3.28. The highest BCUT2D eigenvalue weighted by Crippen LogP contribution is 2.34. The number of aromatic nitrogens is 2. The predicted octanol–water partition coefficient (Wildman–Crippen LogP) is 13.2. The molecule has 6 rings (SSSR count). The minimum Gasteiger partial charge on any atom is -0.364 e. The van der Waals surface area contributed by atoms with E-state index in [1.165, 1.54) is 43.2 Å². The monoisotopic (exact) mass is 791 g/mol. The highest BCUT2D eigenvalue weighted by atomic mass is 16.5. The zero-order valence-corrected chi connectivity index (χ0v) is 37.1. The van der Waals surface area contributed by atoms with Gasteiger partial charge in [-0.3, -0.25) is 20.0 Å². The van der Waals surface area contributed by atoms with Crippen LogP contribution in [0.2, 0.25) is 0 Å². The van der Waals surface area contributed by atoms with E-state index in [0.717, 1.165) is 51.0 Å². The molecule has 2 atom stereocenters. The Morgan fingerprint density at radius 2 is 1.00 bits per heavy atom. The topological polar surface area (TPSA) is 84.5 Å². The number of aliphatic imine (C=N–C) groups is 4. The second kappa shape index (κ2) is 24.5. The van der Waals surface area contributed by atoms with Gasteiger partial charge in [0.2, 0.25) is 0 Å². The molecule has 0 aliphatic heterocycles. The van der Waals surface area contributed by atoms with Crippen molar-refractivity contribution in [2.24, 2.45) is 20.0 Å². The van der Waals surface area contributed by atoms with Crippen molar-refractivity contribution in [1.29, 1.82) is 0 Å². The number of pyridine rings is 2. The third kappa shape index (κ3) is 15.0. The fourth-order valence-corrected chi connectivity index (χ4v) is 6.66. The van der Waals surface area contributed by atoms with E-state index < -0.39 is 0 Å². The molecule has 1 aliphatic carbocycles. The van der Waals surface area contributed by atoms with Crippen molar-refractivity contribution in [3.63, 3.8) is 0 Å². The summed E-state index contributed by atoms with van der Waals surface area (Å²) < 4.78 is 5.69. The zero-order chi connectivity index (χ0) is 42.6. The SMILES string of the molecule is C(=NC1CCCCC1)c1cccc(-c2ccccc2)n1.CC(C)c1cccc(C(C)C)c1N=Cc1cccc(-c2ccccc2)n1.CN=C(C)C(C)OC(C)C(C)=NC. The molecular formula is C52H66N6O. The Bertz CT molecular complexity index is 2070. The van der Waals surface area contributed by atoms with Gasteiger partial charge >= 0.3 is 0 Å². The van der Waals surface area contributed by atoms with Gasteiger partial charge in [-0.2, -0.15) is 0 Å². The fourth-order valence-electron chi connectivity index (χ4n) is 6.66. The molecule has 7 nitrogen and oxygen atoms in total. The maximum Gasteiger partial charge on any atom is 0.0929 e. The number of hydrogen-bond acceptors (Lipinski definition) is 7. The van der Waals surface area contributed by atoms with E-state index in [9.17, 15) is 0 Å². The van der Waals surface area contributed by atoms with Crippen molar-refractivity contribution in [2.45, 2.75) is 118 Å². The first-order chi connectivity index (χ1) is 28.5. The predicted molar refractivity (Wildman–Crippen MR) is 254 cm³/mol. The van der Waals surface area contributed by atoms with E-state index in [4.69, 9.17) is 19.7 Å². The van der Waals surface area contributed by atoms with Crippen molar-refractivity contribution in [1.82, 2.24) is 9.97 Å². The number of hydrogen-bond donors (Lipinski definition) is 0. The van der Waals surface area contributed by atoms with Crippen molar-refractivity contribution < 1.29 is 4.74 Å². The van der Waals surface area contributed by atoms with Crippen LogP contribution in [0.3, 0.4) is 0 Å². The molecule has 5 aromatic rings. The number of nitrogens with zero attached hydrogens (tertiary/aromatic N) is 6. The second-order valence-electron chi connectivity index (χ2n) is 15.7. The van der Waals surface area contributed by atoms with E-state index in [2.05, 4.69) is 91.2 Å². The number of para-hydroxylation sites is 1. The molecule has 0 radical (unpaired) electrons. The average molecular weight is 791 g/mol. The summed E-state index contributed by atoms with van der Waals surface area (Å²) in [4.78, 5) is 27.2. The number of rotatable bonds is 12. The van der Waals surface area contributed by atoms with Gasteiger partial charge in [0.1, 0.15) is 0 Å². The maximum atomic E-state index is 5.69. The van der Waals surface area contributed by atoms with Crippen LogP contribution >= 0.6 is 0 Å². The van der Waals surface area contributed by atoms with Crippen LogP contribution in [0.15, 0.2) is 135 Å². The first kappa shape index (κ1) is 46.3. The van der Waals surface area contributed by atoms with Gasteiger partial charge in [-0.05, 0) is 87.8 Å². The molecule has 0 bridgehead atoms. The van der Waals surface area contributed by atoms with Crippen LogP contribution in [-0.4, -0.2) is 66.2 Å². The van der Waals surface area contributed by atoms with E-state index in [1.807, 2.05) is 107 Å². The minimum absolute atomic E-state index is 0.0664. The molecule has 2 unspecified atom stereocenters. The molecule has 0 amide bonds. The van der Waals surface area contributed by atoms with Gasteiger partial charge in [-0.25, -0.2) is 9.97 Å². The highest BCUT2D eigenvalue weighted by Gasteiger charge is 2.14. The Morgan fingerprint density at radius 3 is 1.44 bits per heavy atom. The Morgan fingerprint density at radius 1 is 0.559 bits per heavy atom. The molecule has 1 saturated carbocycles. The molecule has 1 aliphatic rings. The first-order valence-electron chi connectivity index (χ1n) is 21.3. The van der Waals surface area contributed by atoms with Crippen LogP contribution in [0.4, 0.5) is 5.69 Å². The molecule has 0 N–H and O–H groups in total. The molecular weight excluding hydrogens is 725 g/mol. The summed E-state index contributed by atoms with van der Waals surface area (Å²) >= 11 is 0. The molecule has 1 fully saturated rings. The molecule has 3 aromatic carbocycles. The van der Waals surface area contributed by atoms with E-state index in [-0.39, 0.29) is 12.2 Å². The van der Waals surface area contributed by atoms with Gasteiger partial charge in [0, 0.05) is 42.9 Å². The first-order valence-corrected chi connectivity index (χ1v) is 21.3. The molecule has 0 spiro atoms. The Hall–Kier alpha value is -5.40. The largest absolute Gasteiger partial charge is 0.364 e. The third-order valence-electron chi connectivity index (χ3n) is 10.6. The smallest absolute Gasteiger partial charge is 0.0929 e. The summed E-state index contributed by atoms with van der Waals surface area (Å²) in [5.41, 5.74) is 11.8. The second-order valence-corrected chi connectivity index (χ2v) is 15.7. The minimum atomic E-state index is 0.0664. The molecule has 2 aromatic heterocycles. The molecule has 310 valence electrons. The van der Waals surface area contributed by atoms with Crippen molar-refractivity contribution >= 4 is 29.5 Å². The van der Waals surface area contributed by atoms with Crippen LogP contribution < -0.4 is 0 Å². The van der Waals surface area contributed by atoms with Crippen molar-refractivity contribution in [3.8, 4) is 22.5 Å². The lowest BCUT2D eigenvalue weighted by Crippen LogP contribution is -2.27. The number of benzene rings is 3. The third-order valence-corrected chi connectivity index (χ3v) is 10.6. The molecule has 59 heavy (non-hydrogen) atoms. The summed E-state index contributed by atoms with van der Waals surface area (Å²) in [6.07, 6.45) is 10.4. The van der Waals surface area contributed by atoms with Crippen LogP contribution in [0.5, 0.6) is 0 Å². The molecule has 0 saturated heterocycles. The normalized spacial score (nSPS) is 14.8. The lowest BCUT2D eigenvalue weighted by atomic mass is 9.93. The summed E-state index contributed by atoms with van der Waals surface area (Å²) in [7, 11) is 3.56. The van der Waals surface area contributed by atoms with Crippen LogP contribution in [0, 0.1) is 0 Å². The van der Waals surface area contributed by atoms with Gasteiger partial charge in [-0.1, -0.05) is 138 Å². The Kier molecular flexibility index (Phi) is 19.2. The lowest BCUT2D eigenvalue weighted by Gasteiger charge is -2.18. The van der Waals surface area contributed by atoms with Crippen LogP contribution in [0.25, 0.3) is 22.5 Å². The fraction of sp³-hybridized carbons (Fsp3) is 0.385. The van der Waals surface area contributed by atoms with Crippen molar-refractivity contribution in [3.05, 3.63) is 138 Å². The van der Waals surface area contributed by atoms with Gasteiger partial charge < -0.3 is 4.74 Å². The van der Waals surface area contributed by atoms with Gasteiger partial charge in [0.25, 0.3) is 0 Å². The van der Waals surface area contributed by atoms with E-state index in [0.29, 0.717) is 17.9 Å². The summed E-state index contributed by atoms with van der Waals surface area (Å²) in [5.74, 6) is 0.869. The van der Waals surface area contributed by atoms with Crippen LogP contribution in [-0.2, 0) is 4.74 Å². The lowest BCUT2D eigenvalue weighted by molar-refractivity contribution is 0.0850. The summed E-state index contributed by atoms with van der Waals surface area (Å²) in [6.45, 7) is 16.8. The molecule has 7 heteroatoms. The Labute approximate surface area is 355 Å². The summed E-state index contributed by atoms with van der Waals surface area (Å²) in [6, 6.07) is 39.7. The van der Waals surface area contributed by atoms with Gasteiger partial charge in [0.15, 0.2) is 0 Å².